The van der Waals surface area contributed by atoms with Crippen LogP contribution in [0.2, 0.25) is 0 Å². The fraction of sp³-hybridized carbons (Fsp3) is 0.833. The number of carbonyl (C=O) groups is 2. The number of esters is 1. The smallest absolute Gasteiger partial charge is 0.306 e. The summed E-state index contributed by atoms with van der Waals surface area (Å²) in [5.74, 6) is 1.82. The highest BCUT2D eigenvalue weighted by atomic mass is 16.5. The summed E-state index contributed by atoms with van der Waals surface area (Å²) >= 11 is 0. The predicted octanol–water partition coefficient (Wildman–Crippen LogP) is 5.36. The van der Waals surface area contributed by atoms with Crippen molar-refractivity contribution in [1.82, 2.24) is 0 Å². The minimum atomic E-state index is -0.939. The summed E-state index contributed by atoms with van der Waals surface area (Å²) in [4.78, 5) is 22.6. The zero-order chi connectivity index (χ0) is 20.1. The number of rotatable bonds is 4. The largest absolute Gasteiger partial charge is 0.481 e. The van der Waals surface area contributed by atoms with Crippen molar-refractivity contribution in [1.29, 1.82) is 0 Å². The molecule has 0 unspecified atom stereocenters. The number of aliphatic carboxylic acids is 1. The predicted molar refractivity (Wildman–Crippen MR) is 108 cm³/mol. The molecule has 4 aliphatic rings. The quantitative estimate of drug-likeness (QED) is 0.520. The minimum absolute atomic E-state index is 0.0113. The molecular weight excluding hydrogens is 352 g/mol. The number of carbonyl (C=O) groups excluding carboxylic acids is 1. The molecular formula is C24H36O4. The lowest BCUT2D eigenvalue weighted by atomic mass is 9.45. The zero-order valence-electron chi connectivity index (χ0n) is 17.5. The molecule has 0 bridgehead atoms. The van der Waals surface area contributed by atoms with E-state index < -0.39 is 5.97 Å². The summed E-state index contributed by atoms with van der Waals surface area (Å²) in [6.45, 7) is 9.36. The standard InChI is InChI=1S/C24H36O4/c1-15-12-20-18-5-4-16-13-17(28-22(27)7-6-21(25)26)8-11-24(16,3)19(18)9-10-23(20,2)14-15/h16-20H,1,4-14H2,2-3H3,(H,25,26)/t16-,17-,18-,19+,20+,23-,24+/m1/s1. The van der Waals surface area contributed by atoms with Gasteiger partial charge in [-0.1, -0.05) is 26.0 Å². The van der Waals surface area contributed by atoms with Gasteiger partial charge in [-0.25, -0.2) is 0 Å². The van der Waals surface area contributed by atoms with Crippen molar-refractivity contribution in [3.05, 3.63) is 12.2 Å². The first-order valence-electron chi connectivity index (χ1n) is 11.3. The Hall–Kier alpha value is -1.32. The van der Waals surface area contributed by atoms with Crippen LogP contribution in [0.3, 0.4) is 0 Å². The SMILES string of the molecule is C=C1C[C@H]2[C@@H]3CC[C@@H]4C[C@H](OC(=O)CCC(=O)O)CC[C@]4(C)[C@H]3CC[C@]2(C)C1. The number of fused-ring (bicyclic) bond motifs is 5. The Labute approximate surface area is 169 Å². The van der Waals surface area contributed by atoms with Gasteiger partial charge in [0.2, 0.25) is 0 Å². The van der Waals surface area contributed by atoms with E-state index >= 15 is 0 Å². The van der Waals surface area contributed by atoms with E-state index in [0.29, 0.717) is 16.7 Å². The van der Waals surface area contributed by atoms with E-state index in [2.05, 4.69) is 20.4 Å². The van der Waals surface area contributed by atoms with E-state index in [1.807, 2.05) is 0 Å². The molecule has 28 heavy (non-hydrogen) atoms. The number of hydrogen-bond acceptors (Lipinski definition) is 3. The lowest BCUT2D eigenvalue weighted by molar-refractivity contribution is -0.162. The summed E-state index contributed by atoms with van der Waals surface area (Å²) in [7, 11) is 0. The maximum absolute atomic E-state index is 12.0. The monoisotopic (exact) mass is 388 g/mol. The Balaban J connectivity index is 1.41. The van der Waals surface area contributed by atoms with Crippen molar-refractivity contribution in [2.75, 3.05) is 0 Å². The molecule has 4 nitrogen and oxygen atoms in total. The fourth-order valence-electron chi connectivity index (χ4n) is 7.75. The first kappa shape index (κ1) is 20.0. The molecule has 0 heterocycles. The Kier molecular flexibility index (Phi) is 5.12. The molecule has 0 saturated heterocycles. The van der Waals surface area contributed by atoms with Crippen molar-refractivity contribution in [3.8, 4) is 0 Å². The van der Waals surface area contributed by atoms with Crippen molar-refractivity contribution in [2.45, 2.75) is 90.6 Å². The Morgan fingerprint density at radius 3 is 2.64 bits per heavy atom. The highest BCUT2D eigenvalue weighted by molar-refractivity contribution is 5.76. The highest BCUT2D eigenvalue weighted by Crippen LogP contribution is 2.66. The van der Waals surface area contributed by atoms with Crippen LogP contribution in [0.15, 0.2) is 12.2 Å². The van der Waals surface area contributed by atoms with E-state index in [9.17, 15) is 9.59 Å². The zero-order valence-corrected chi connectivity index (χ0v) is 17.5. The number of allylic oxidation sites excluding steroid dienone is 1. The van der Waals surface area contributed by atoms with Crippen LogP contribution in [-0.4, -0.2) is 23.1 Å². The Morgan fingerprint density at radius 2 is 1.89 bits per heavy atom. The Bertz CT molecular complexity index is 670. The van der Waals surface area contributed by atoms with Gasteiger partial charge < -0.3 is 9.84 Å². The van der Waals surface area contributed by atoms with Gasteiger partial charge in [0.05, 0.1) is 12.8 Å². The third kappa shape index (κ3) is 3.41. The van der Waals surface area contributed by atoms with Crippen LogP contribution in [0.4, 0.5) is 0 Å². The molecule has 4 saturated carbocycles. The van der Waals surface area contributed by atoms with E-state index in [-0.39, 0.29) is 24.9 Å². The highest BCUT2D eigenvalue weighted by Gasteiger charge is 2.58. The van der Waals surface area contributed by atoms with Crippen molar-refractivity contribution in [2.24, 2.45) is 34.5 Å². The van der Waals surface area contributed by atoms with Gasteiger partial charge in [0.15, 0.2) is 0 Å². The average Bonchev–Trinajstić information content (AvgIpc) is 2.94. The number of hydrogen-bond donors (Lipinski definition) is 1. The van der Waals surface area contributed by atoms with Crippen molar-refractivity contribution < 1.29 is 19.4 Å². The van der Waals surface area contributed by atoms with Crippen molar-refractivity contribution in [3.63, 3.8) is 0 Å². The molecule has 0 radical (unpaired) electrons. The van der Waals surface area contributed by atoms with Gasteiger partial charge in [-0.2, -0.15) is 0 Å². The van der Waals surface area contributed by atoms with Crippen LogP contribution >= 0.6 is 0 Å². The normalized spacial score (nSPS) is 44.9. The van der Waals surface area contributed by atoms with Crippen LogP contribution in [-0.2, 0) is 14.3 Å². The molecule has 4 heteroatoms. The lowest BCUT2D eigenvalue weighted by Crippen LogP contribution is -2.53. The summed E-state index contributed by atoms with van der Waals surface area (Å²) in [5.41, 5.74) is 2.33. The molecule has 4 aliphatic carbocycles. The minimum Gasteiger partial charge on any atom is -0.481 e. The van der Waals surface area contributed by atoms with Gasteiger partial charge in [0, 0.05) is 0 Å². The first-order valence-corrected chi connectivity index (χ1v) is 11.3. The molecule has 0 aliphatic heterocycles. The second-order valence-corrected chi connectivity index (χ2v) is 10.8. The number of carboxylic acid groups (broad SMARTS) is 1. The summed E-state index contributed by atoms with van der Waals surface area (Å²) in [6.07, 6.45) is 10.6. The third-order valence-corrected chi connectivity index (χ3v) is 9.14. The van der Waals surface area contributed by atoms with Crippen molar-refractivity contribution >= 4 is 11.9 Å². The number of ether oxygens (including phenoxy) is 1. The molecule has 0 amide bonds. The van der Waals surface area contributed by atoms with Crippen LogP contribution in [0.1, 0.15) is 84.5 Å². The first-order chi connectivity index (χ1) is 13.2. The maximum atomic E-state index is 12.0. The van der Waals surface area contributed by atoms with E-state index in [1.54, 1.807) is 0 Å². The van der Waals surface area contributed by atoms with Crippen LogP contribution < -0.4 is 0 Å². The average molecular weight is 389 g/mol. The molecule has 4 rings (SSSR count). The van der Waals surface area contributed by atoms with Gasteiger partial charge in [0.25, 0.3) is 0 Å². The van der Waals surface area contributed by atoms with Gasteiger partial charge in [-0.05, 0) is 92.3 Å². The van der Waals surface area contributed by atoms with E-state index in [1.165, 1.54) is 44.1 Å². The topological polar surface area (TPSA) is 63.6 Å². The van der Waals surface area contributed by atoms with Gasteiger partial charge in [-0.3, -0.25) is 9.59 Å². The molecule has 7 atom stereocenters. The molecule has 156 valence electrons. The second kappa shape index (κ2) is 7.18. The summed E-state index contributed by atoms with van der Waals surface area (Å²) in [5, 5.41) is 8.75. The second-order valence-electron chi connectivity index (χ2n) is 10.8. The maximum Gasteiger partial charge on any atom is 0.306 e. The van der Waals surface area contributed by atoms with Gasteiger partial charge >= 0.3 is 11.9 Å². The summed E-state index contributed by atoms with van der Waals surface area (Å²) < 4.78 is 5.66. The molecule has 0 spiro atoms. The fourth-order valence-corrected chi connectivity index (χ4v) is 7.75. The van der Waals surface area contributed by atoms with Crippen LogP contribution in [0.25, 0.3) is 0 Å². The third-order valence-electron chi connectivity index (χ3n) is 9.14. The van der Waals surface area contributed by atoms with E-state index in [0.717, 1.165) is 37.0 Å². The van der Waals surface area contributed by atoms with Gasteiger partial charge in [0.1, 0.15) is 6.10 Å². The summed E-state index contributed by atoms with van der Waals surface area (Å²) in [6, 6.07) is 0. The number of carboxylic acids is 1. The van der Waals surface area contributed by atoms with Gasteiger partial charge in [-0.15, -0.1) is 0 Å². The molecule has 1 N–H and O–H groups in total. The molecule has 0 aromatic heterocycles. The lowest BCUT2D eigenvalue weighted by Gasteiger charge is -2.60. The molecule has 0 aromatic carbocycles. The molecule has 4 fully saturated rings. The van der Waals surface area contributed by atoms with Crippen LogP contribution in [0.5, 0.6) is 0 Å². The van der Waals surface area contributed by atoms with E-state index in [4.69, 9.17) is 9.84 Å². The molecule has 0 aromatic rings. The Morgan fingerprint density at radius 1 is 1.11 bits per heavy atom. The van der Waals surface area contributed by atoms with Crippen LogP contribution in [0, 0.1) is 34.5 Å².